The Hall–Kier alpha value is -2.43. The first-order valence-electron chi connectivity index (χ1n) is 5.69. The van der Waals surface area contributed by atoms with Gasteiger partial charge in [-0.15, -0.1) is 0 Å². The van der Waals surface area contributed by atoms with Gasteiger partial charge in [0, 0.05) is 6.26 Å². The van der Waals surface area contributed by atoms with Crippen molar-refractivity contribution in [3.8, 4) is 0 Å². The number of amides is 1. The summed E-state index contributed by atoms with van der Waals surface area (Å²) in [6.07, 6.45) is 0.558. The molecular weight excluding hydrogens is 306 g/mol. The number of cyclic esters (lactones) is 1. The number of carbonyl (C=O) groups excluding carboxylic acids is 1. The summed E-state index contributed by atoms with van der Waals surface area (Å²) in [6, 6.07) is 2.47. The van der Waals surface area contributed by atoms with E-state index in [-0.39, 0.29) is 18.1 Å². The van der Waals surface area contributed by atoms with E-state index in [1.807, 2.05) is 0 Å². The first-order chi connectivity index (χ1) is 9.74. The molecule has 1 aromatic rings. The SMILES string of the molecule is CS(=O)(=O)CC1CN(/N=C/c2ccc([N+](=O)[O-])o2)C(=O)O1. The Bertz CT molecular complexity index is 693. The van der Waals surface area contributed by atoms with E-state index in [4.69, 9.17) is 9.15 Å². The zero-order valence-corrected chi connectivity index (χ0v) is 11.6. The first kappa shape index (κ1) is 15.0. The monoisotopic (exact) mass is 317 g/mol. The largest absolute Gasteiger partial charge is 0.442 e. The Morgan fingerprint density at radius 3 is 2.86 bits per heavy atom. The summed E-state index contributed by atoms with van der Waals surface area (Å²) in [7, 11) is -3.28. The van der Waals surface area contributed by atoms with E-state index in [1.54, 1.807) is 0 Å². The number of hydrogen-bond donors (Lipinski definition) is 0. The average molecular weight is 317 g/mol. The molecule has 0 saturated carbocycles. The summed E-state index contributed by atoms with van der Waals surface area (Å²) < 4.78 is 31.9. The van der Waals surface area contributed by atoms with Crippen molar-refractivity contribution in [2.75, 3.05) is 18.6 Å². The van der Waals surface area contributed by atoms with Crippen LogP contribution in [0.15, 0.2) is 21.7 Å². The normalized spacial score (nSPS) is 19.2. The predicted molar refractivity (Wildman–Crippen MR) is 69.6 cm³/mol. The zero-order chi connectivity index (χ0) is 15.6. The fourth-order valence-corrected chi connectivity index (χ4v) is 2.51. The van der Waals surface area contributed by atoms with Crippen molar-refractivity contribution in [1.29, 1.82) is 0 Å². The molecule has 0 spiro atoms. The number of hydrazone groups is 1. The summed E-state index contributed by atoms with van der Waals surface area (Å²) in [4.78, 5) is 21.2. The smallest absolute Gasteiger partial charge is 0.433 e. The van der Waals surface area contributed by atoms with E-state index in [9.17, 15) is 23.3 Å². The molecule has 21 heavy (non-hydrogen) atoms. The number of nitro groups is 1. The van der Waals surface area contributed by atoms with Gasteiger partial charge in [-0.2, -0.15) is 10.1 Å². The Kier molecular flexibility index (Phi) is 3.93. The van der Waals surface area contributed by atoms with E-state index in [0.29, 0.717) is 0 Å². The van der Waals surface area contributed by atoms with Crippen molar-refractivity contribution >= 4 is 28.0 Å². The maximum absolute atomic E-state index is 11.5. The van der Waals surface area contributed by atoms with Crippen molar-refractivity contribution < 1.29 is 27.3 Å². The Labute approximate surface area is 119 Å². The van der Waals surface area contributed by atoms with E-state index in [1.165, 1.54) is 6.07 Å². The highest BCUT2D eigenvalue weighted by Crippen LogP contribution is 2.16. The molecule has 10 nitrogen and oxygen atoms in total. The molecule has 0 N–H and O–H groups in total. The molecule has 1 atom stereocenters. The molecule has 2 heterocycles. The van der Waals surface area contributed by atoms with Gasteiger partial charge in [-0.05, 0) is 6.07 Å². The maximum atomic E-state index is 11.5. The van der Waals surface area contributed by atoms with E-state index in [2.05, 4.69) is 5.10 Å². The quantitative estimate of drug-likeness (QED) is 0.435. The molecule has 1 aromatic heterocycles. The van der Waals surface area contributed by atoms with E-state index < -0.39 is 32.8 Å². The molecule has 0 aromatic carbocycles. The highest BCUT2D eigenvalue weighted by atomic mass is 32.2. The summed E-state index contributed by atoms with van der Waals surface area (Å²) in [5.41, 5.74) is 0. The number of furan rings is 1. The van der Waals surface area contributed by atoms with Crippen LogP contribution in [0.2, 0.25) is 0 Å². The molecule has 114 valence electrons. The highest BCUT2D eigenvalue weighted by Gasteiger charge is 2.33. The van der Waals surface area contributed by atoms with Crippen molar-refractivity contribution in [3.05, 3.63) is 28.0 Å². The number of carbonyl (C=O) groups is 1. The molecule has 1 aliphatic rings. The first-order valence-corrected chi connectivity index (χ1v) is 7.75. The van der Waals surface area contributed by atoms with Crippen molar-refractivity contribution in [2.45, 2.75) is 6.10 Å². The maximum Gasteiger partial charge on any atom is 0.433 e. The van der Waals surface area contributed by atoms with Crippen molar-refractivity contribution in [2.24, 2.45) is 5.10 Å². The zero-order valence-electron chi connectivity index (χ0n) is 10.8. The molecular formula is C10H11N3O7S. The average Bonchev–Trinajstić information content (AvgIpc) is 2.91. The molecule has 2 rings (SSSR count). The summed E-state index contributed by atoms with van der Waals surface area (Å²) >= 11 is 0. The van der Waals surface area contributed by atoms with Gasteiger partial charge in [0.05, 0.1) is 24.6 Å². The summed E-state index contributed by atoms with van der Waals surface area (Å²) in [6.45, 7) is -0.0226. The van der Waals surface area contributed by atoms with Crippen LogP contribution in [0.5, 0.6) is 0 Å². The van der Waals surface area contributed by atoms with E-state index in [0.717, 1.165) is 23.5 Å². The fourth-order valence-electron chi connectivity index (χ4n) is 1.66. The fraction of sp³-hybridized carbons (Fsp3) is 0.400. The van der Waals surface area contributed by atoms with Gasteiger partial charge in [-0.3, -0.25) is 10.1 Å². The van der Waals surface area contributed by atoms with Crippen LogP contribution < -0.4 is 0 Å². The van der Waals surface area contributed by atoms with Crippen LogP contribution in [-0.2, 0) is 14.6 Å². The molecule has 0 aliphatic carbocycles. The number of sulfone groups is 1. The Morgan fingerprint density at radius 1 is 1.57 bits per heavy atom. The predicted octanol–water partition coefficient (Wildman–Crippen LogP) is 0.387. The minimum absolute atomic E-state index is 0.0226. The standard InChI is InChI=1S/C10H11N3O7S/c1-21(17,18)6-8-5-12(10(14)20-8)11-4-7-2-3-9(19-7)13(15)16/h2-4,8H,5-6H2,1H3/b11-4+. The second kappa shape index (κ2) is 5.52. The van der Waals surface area contributed by atoms with Gasteiger partial charge in [-0.1, -0.05) is 0 Å². The van der Waals surface area contributed by atoms with Crippen LogP contribution in [0.1, 0.15) is 5.76 Å². The molecule has 1 fully saturated rings. The van der Waals surface area contributed by atoms with Gasteiger partial charge in [0.2, 0.25) is 0 Å². The lowest BCUT2D eigenvalue weighted by molar-refractivity contribution is -0.402. The molecule has 1 amide bonds. The molecule has 1 unspecified atom stereocenters. The molecule has 1 aliphatic heterocycles. The van der Waals surface area contributed by atoms with E-state index >= 15 is 0 Å². The lowest BCUT2D eigenvalue weighted by Gasteiger charge is -2.04. The van der Waals surface area contributed by atoms with Crippen LogP contribution in [0.25, 0.3) is 0 Å². The van der Waals surface area contributed by atoms with Crippen LogP contribution >= 0.6 is 0 Å². The van der Waals surface area contributed by atoms with Crippen LogP contribution in [0.3, 0.4) is 0 Å². The summed E-state index contributed by atoms with van der Waals surface area (Å²) in [5, 5.41) is 15.1. The van der Waals surface area contributed by atoms with Gasteiger partial charge in [0.15, 0.2) is 15.6 Å². The lowest BCUT2D eigenvalue weighted by Crippen LogP contribution is -2.24. The second-order valence-corrected chi connectivity index (χ2v) is 6.54. The van der Waals surface area contributed by atoms with Crippen molar-refractivity contribution in [1.82, 2.24) is 5.01 Å². The van der Waals surface area contributed by atoms with Crippen LogP contribution in [-0.4, -0.2) is 55.3 Å². The third-order valence-electron chi connectivity index (χ3n) is 2.46. The minimum Gasteiger partial charge on any atom is -0.442 e. The summed E-state index contributed by atoms with van der Waals surface area (Å²) in [5.74, 6) is -0.659. The molecule has 0 bridgehead atoms. The van der Waals surface area contributed by atoms with Gasteiger partial charge >= 0.3 is 12.0 Å². The molecule has 1 saturated heterocycles. The van der Waals surface area contributed by atoms with Gasteiger partial charge in [0.25, 0.3) is 0 Å². The Balaban J connectivity index is 2.00. The van der Waals surface area contributed by atoms with Gasteiger partial charge in [-0.25, -0.2) is 13.2 Å². The number of ether oxygens (including phenoxy) is 1. The minimum atomic E-state index is -3.28. The molecule has 0 radical (unpaired) electrons. The number of nitrogens with zero attached hydrogens (tertiary/aromatic N) is 3. The highest BCUT2D eigenvalue weighted by molar-refractivity contribution is 7.90. The Morgan fingerprint density at radius 2 is 2.29 bits per heavy atom. The second-order valence-electron chi connectivity index (χ2n) is 4.36. The van der Waals surface area contributed by atoms with Crippen LogP contribution in [0.4, 0.5) is 10.7 Å². The van der Waals surface area contributed by atoms with Gasteiger partial charge in [0.1, 0.15) is 11.0 Å². The molecule has 11 heteroatoms. The third kappa shape index (κ3) is 4.02. The number of rotatable bonds is 5. The third-order valence-corrected chi connectivity index (χ3v) is 3.44. The van der Waals surface area contributed by atoms with Gasteiger partial charge < -0.3 is 9.15 Å². The van der Waals surface area contributed by atoms with Crippen molar-refractivity contribution in [3.63, 3.8) is 0 Å². The number of hydrogen-bond acceptors (Lipinski definition) is 8. The van der Waals surface area contributed by atoms with Crippen LogP contribution in [0, 0.1) is 10.1 Å². The topological polar surface area (TPSA) is 132 Å². The lowest BCUT2D eigenvalue weighted by atomic mass is 10.4.